The minimum Gasteiger partial charge on any atom is -0.481 e. The van der Waals surface area contributed by atoms with Crippen molar-refractivity contribution < 1.29 is 41.0 Å². The van der Waals surface area contributed by atoms with Crippen LogP contribution in [0.4, 0.5) is 26.3 Å². The van der Waals surface area contributed by atoms with Crippen LogP contribution in [0.3, 0.4) is 0 Å². The van der Waals surface area contributed by atoms with Crippen LogP contribution in [0.2, 0.25) is 0 Å². The fraction of sp³-hybridized carbons (Fsp3) is 0.400. The van der Waals surface area contributed by atoms with Gasteiger partial charge < -0.3 is 15.6 Å². The van der Waals surface area contributed by atoms with Gasteiger partial charge in [-0.15, -0.1) is 13.2 Å². The first kappa shape index (κ1) is 17.0. The molecule has 0 aromatic carbocycles. The summed E-state index contributed by atoms with van der Waals surface area (Å²) in [4.78, 5) is 13.8. The highest BCUT2D eigenvalue weighted by Gasteiger charge is 2.38. The lowest BCUT2D eigenvalue weighted by Gasteiger charge is -2.17. The Balaban J connectivity index is 3.46. The normalized spacial score (nSPS) is 12.3. The second kappa shape index (κ2) is 5.76. The number of halogens is 6. The SMILES string of the molecule is NCc1nc(OC(F)(F)F)cc(C(F)(F)F)c1CC(=O)O. The van der Waals surface area contributed by atoms with Crippen molar-refractivity contribution in [2.24, 2.45) is 5.73 Å². The van der Waals surface area contributed by atoms with Crippen molar-refractivity contribution in [2.45, 2.75) is 25.5 Å². The van der Waals surface area contributed by atoms with Crippen molar-refractivity contribution in [3.05, 3.63) is 22.9 Å². The van der Waals surface area contributed by atoms with Gasteiger partial charge in [-0.2, -0.15) is 13.2 Å². The molecule has 0 fully saturated rings. The van der Waals surface area contributed by atoms with Crippen molar-refractivity contribution in [3.63, 3.8) is 0 Å². The van der Waals surface area contributed by atoms with Crippen molar-refractivity contribution in [1.29, 1.82) is 0 Å². The molecule has 1 aromatic rings. The molecular weight excluding hydrogens is 310 g/mol. The zero-order valence-corrected chi connectivity index (χ0v) is 10.0. The summed E-state index contributed by atoms with van der Waals surface area (Å²) >= 11 is 0. The number of carboxylic acid groups (broad SMARTS) is 1. The summed E-state index contributed by atoms with van der Waals surface area (Å²) in [7, 11) is 0. The summed E-state index contributed by atoms with van der Waals surface area (Å²) in [5.41, 5.74) is 2.10. The number of alkyl halides is 6. The predicted octanol–water partition coefficient (Wildman–Crippen LogP) is 2.08. The average molecular weight is 318 g/mol. The summed E-state index contributed by atoms with van der Waals surface area (Å²) in [5, 5.41) is 8.59. The van der Waals surface area contributed by atoms with Gasteiger partial charge in [0.2, 0.25) is 5.88 Å². The van der Waals surface area contributed by atoms with E-state index in [1.807, 2.05) is 0 Å². The highest BCUT2D eigenvalue weighted by molar-refractivity contribution is 5.71. The van der Waals surface area contributed by atoms with Crippen LogP contribution in [-0.4, -0.2) is 22.4 Å². The third-order valence-electron chi connectivity index (χ3n) is 2.23. The molecule has 0 saturated heterocycles. The Kier molecular flexibility index (Phi) is 4.66. The van der Waals surface area contributed by atoms with Gasteiger partial charge in [-0.3, -0.25) is 4.79 Å². The van der Waals surface area contributed by atoms with Crippen LogP contribution in [0.25, 0.3) is 0 Å². The highest BCUT2D eigenvalue weighted by atomic mass is 19.4. The number of pyridine rings is 1. The Hall–Kier alpha value is -2.04. The van der Waals surface area contributed by atoms with E-state index in [1.165, 1.54) is 0 Å². The minimum absolute atomic E-state index is 0.00900. The van der Waals surface area contributed by atoms with Gasteiger partial charge in [-0.05, 0) is 5.56 Å². The third-order valence-corrected chi connectivity index (χ3v) is 2.23. The lowest BCUT2D eigenvalue weighted by Crippen LogP contribution is -2.22. The Morgan fingerprint density at radius 2 is 1.86 bits per heavy atom. The van der Waals surface area contributed by atoms with Gasteiger partial charge in [0.15, 0.2) is 0 Å². The molecule has 1 heterocycles. The number of ether oxygens (including phenoxy) is 1. The zero-order chi connectivity index (χ0) is 16.4. The number of aliphatic carboxylic acids is 1. The van der Waals surface area contributed by atoms with Crippen molar-refractivity contribution >= 4 is 5.97 Å². The fourth-order valence-electron chi connectivity index (χ4n) is 1.54. The maximum Gasteiger partial charge on any atom is 0.574 e. The first-order chi connectivity index (χ1) is 9.44. The molecule has 0 spiro atoms. The van der Waals surface area contributed by atoms with E-state index in [-0.39, 0.29) is 6.07 Å². The second-order valence-electron chi connectivity index (χ2n) is 3.75. The molecular formula is C10H8F6N2O3. The third kappa shape index (κ3) is 4.77. The number of carboxylic acids is 1. The number of hydrogen-bond donors (Lipinski definition) is 2. The van der Waals surface area contributed by atoms with E-state index in [4.69, 9.17) is 10.8 Å². The maximum absolute atomic E-state index is 12.8. The Morgan fingerprint density at radius 1 is 1.29 bits per heavy atom. The van der Waals surface area contributed by atoms with Gasteiger partial charge in [0.05, 0.1) is 17.7 Å². The van der Waals surface area contributed by atoms with Crippen molar-refractivity contribution in [3.8, 4) is 5.88 Å². The maximum atomic E-state index is 12.8. The number of nitrogens with zero attached hydrogens (tertiary/aromatic N) is 1. The van der Waals surface area contributed by atoms with Gasteiger partial charge >= 0.3 is 18.5 Å². The number of carbonyl (C=O) groups is 1. The first-order valence-corrected chi connectivity index (χ1v) is 5.21. The molecule has 5 nitrogen and oxygen atoms in total. The van der Waals surface area contributed by atoms with Crippen molar-refractivity contribution in [1.82, 2.24) is 4.98 Å². The average Bonchev–Trinajstić information content (AvgIpc) is 2.26. The molecule has 0 aliphatic carbocycles. The van der Waals surface area contributed by atoms with Gasteiger partial charge in [-0.1, -0.05) is 0 Å². The second-order valence-corrected chi connectivity index (χ2v) is 3.75. The van der Waals surface area contributed by atoms with Gasteiger partial charge in [0.1, 0.15) is 0 Å². The zero-order valence-electron chi connectivity index (χ0n) is 10.0. The van der Waals surface area contributed by atoms with E-state index in [0.29, 0.717) is 0 Å². The topological polar surface area (TPSA) is 85.4 Å². The van der Waals surface area contributed by atoms with E-state index in [2.05, 4.69) is 9.72 Å². The smallest absolute Gasteiger partial charge is 0.481 e. The summed E-state index contributed by atoms with van der Waals surface area (Å²) in [6.45, 7) is -0.680. The van der Waals surface area contributed by atoms with Gasteiger partial charge in [0.25, 0.3) is 0 Å². The molecule has 0 aliphatic heterocycles. The van der Waals surface area contributed by atoms with Crippen molar-refractivity contribution in [2.75, 3.05) is 0 Å². The minimum atomic E-state index is -5.24. The Morgan fingerprint density at radius 3 is 2.24 bits per heavy atom. The van der Waals surface area contributed by atoms with E-state index in [1.54, 1.807) is 0 Å². The van der Waals surface area contributed by atoms with E-state index in [0.717, 1.165) is 0 Å². The monoisotopic (exact) mass is 318 g/mol. The van der Waals surface area contributed by atoms with Gasteiger partial charge in [-0.25, -0.2) is 4.98 Å². The predicted molar refractivity (Wildman–Crippen MR) is 55.2 cm³/mol. The Bertz CT molecular complexity index is 541. The summed E-state index contributed by atoms with van der Waals surface area (Å²) in [6, 6.07) is -0.00900. The van der Waals surface area contributed by atoms with Gasteiger partial charge in [0, 0.05) is 12.6 Å². The molecule has 118 valence electrons. The van der Waals surface area contributed by atoms with Crippen LogP contribution in [0.1, 0.15) is 16.8 Å². The molecule has 1 aromatic heterocycles. The van der Waals surface area contributed by atoms with E-state index < -0.39 is 54.2 Å². The Labute approximate surface area is 113 Å². The molecule has 0 bridgehead atoms. The molecule has 0 saturated carbocycles. The summed E-state index contributed by atoms with van der Waals surface area (Å²) in [5.74, 6) is -2.97. The molecule has 21 heavy (non-hydrogen) atoms. The van der Waals surface area contributed by atoms with Crippen LogP contribution in [0, 0.1) is 0 Å². The number of rotatable bonds is 4. The first-order valence-electron chi connectivity index (χ1n) is 5.21. The number of hydrogen-bond acceptors (Lipinski definition) is 4. The molecule has 0 atom stereocenters. The summed E-state index contributed by atoms with van der Waals surface area (Å²) in [6.07, 6.45) is -11.4. The molecule has 0 unspecified atom stereocenters. The fourth-order valence-corrected chi connectivity index (χ4v) is 1.54. The summed E-state index contributed by atoms with van der Waals surface area (Å²) < 4.78 is 78.0. The van der Waals surface area contributed by atoms with Crippen LogP contribution >= 0.6 is 0 Å². The number of nitrogens with two attached hydrogens (primary N) is 1. The van der Waals surface area contributed by atoms with Crippen LogP contribution < -0.4 is 10.5 Å². The molecule has 1 rings (SSSR count). The van der Waals surface area contributed by atoms with Crippen LogP contribution in [0.15, 0.2) is 6.07 Å². The van der Waals surface area contributed by atoms with Crippen LogP contribution in [0.5, 0.6) is 5.88 Å². The van der Waals surface area contributed by atoms with Crippen LogP contribution in [-0.2, 0) is 23.9 Å². The van der Waals surface area contributed by atoms with E-state index in [9.17, 15) is 31.1 Å². The highest BCUT2D eigenvalue weighted by Crippen LogP contribution is 2.36. The molecule has 11 heteroatoms. The lowest BCUT2D eigenvalue weighted by atomic mass is 10.0. The molecule has 0 aliphatic rings. The van der Waals surface area contributed by atoms with E-state index >= 15 is 0 Å². The standard InChI is InChI=1S/C10H8F6N2O3/c11-9(12,13)5-2-7(21-10(14,15)16)18-6(3-17)4(5)1-8(19)20/h2H,1,3,17H2,(H,19,20). The lowest BCUT2D eigenvalue weighted by molar-refractivity contribution is -0.276. The quantitative estimate of drug-likeness (QED) is 0.830. The molecule has 0 amide bonds. The molecule has 3 N–H and O–H groups in total. The number of aromatic nitrogens is 1. The molecule has 0 radical (unpaired) electrons. The largest absolute Gasteiger partial charge is 0.574 e.